The van der Waals surface area contributed by atoms with Crippen LogP contribution in [0.4, 0.5) is 11.4 Å². The Balaban J connectivity index is 1.59. The molecule has 0 radical (unpaired) electrons. The van der Waals surface area contributed by atoms with Crippen LogP contribution in [-0.2, 0) is 14.8 Å². The van der Waals surface area contributed by atoms with Gasteiger partial charge in [0.25, 0.3) is 15.9 Å². The van der Waals surface area contributed by atoms with Gasteiger partial charge in [-0.1, -0.05) is 35.4 Å². The first-order chi connectivity index (χ1) is 14.2. The third-order valence-electron chi connectivity index (χ3n) is 4.28. The van der Waals surface area contributed by atoms with E-state index in [0.29, 0.717) is 22.1 Å². The van der Waals surface area contributed by atoms with Crippen molar-refractivity contribution in [1.29, 1.82) is 0 Å². The first-order valence-corrected chi connectivity index (χ1v) is 11.0. The molecule has 8 heteroatoms. The van der Waals surface area contributed by atoms with Gasteiger partial charge in [0.05, 0.1) is 4.90 Å². The molecule has 0 atom stereocenters. The van der Waals surface area contributed by atoms with Gasteiger partial charge < -0.3 is 10.1 Å². The second-order valence-corrected chi connectivity index (χ2v) is 8.86. The van der Waals surface area contributed by atoms with Crippen molar-refractivity contribution in [3.63, 3.8) is 0 Å². The minimum absolute atomic E-state index is 0.0921. The van der Waals surface area contributed by atoms with Crippen molar-refractivity contribution >= 4 is 38.9 Å². The van der Waals surface area contributed by atoms with Gasteiger partial charge in [-0.3, -0.25) is 9.52 Å². The van der Waals surface area contributed by atoms with Gasteiger partial charge in [0.2, 0.25) is 0 Å². The summed E-state index contributed by atoms with van der Waals surface area (Å²) in [4.78, 5) is 12.2. The van der Waals surface area contributed by atoms with Crippen LogP contribution in [0.25, 0.3) is 0 Å². The number of anilines is 2. The fourth-order valence-electron chi connectivity index (χ4n) is 2.61. The van der Waals surface area contributed by atoms with Crippen molar-refractivity contribution in [2.45, 2.75) is 18.7 Å². The number of sulfonamides is 1. The number of carbonyl (C=O) groups is 1. The van der Waals surface area contributed by atoms with Crippen molar-refractivity contribution in [3.05, 3.63) is 82.9 Å². The molecule has 0 aliphatic heterocycles. The molecule has 30 heavy (non-hydrogen) atoms. The predicted octanol–water partition coefficient (Wildman–Crippen LogP) is 4.78. The lowest BCUT2D eigenvalue weighted by Gasteiger charge is -2.11. The first kappa shape index (κ1) is 21.7. The van der Waals surface area contributed by atoms with Gasteiger partial charge >= 0.3 is 0 Å². The number of halogens is 1. The quantitative estimate of drug-likeness (QED) is 0.549. The molecular formula is C22H21ClN2O4S. The lowest BCUT2D eigenvalue weighted by atomic mass is 10.2. The van der Waals surface area contributed by atoms with Crippen LogP contribution in [0, 0.1) is 13.8 Å². The van der Waals surface area contributed by atoms with Gasteiger partial charge in [0, 0.05) is 16.4 Å². The molecule has 1 amide bonds. The molecule has 0 aliphatic rings. The van der Waals surface area contributed by atoms with Crippen molar-refractivity contribution in [1.82, 2.24) is 0 Å². The van der Waals surface area contributed by atoms with Crippen molar-refractivity contribution in [2.75, 3.05) is 16.6 Å². The lowest BCUT2D eigenvalue weighted by molar-refractivity contribution is -0.118. The Morgan fingerprint density at radius 2 is 1.63 bits per heavy atom. The largest absolute Gasteiger partial charge is 0.484 e. The van der Waals surface area contributed by atoms with Gasteiger partial charge in [0.15, 0.2) is 6.61 Å². The predicted molar refractivity (Wildman–Crippen MR) is 119 cm³/mol. The Morgan fingerprint density at radius 3 is 2.30 bits per heavy atom. The molecule has 0 fully saturated rings. The van der Waals surface area contributed by atoms with Gasteiger partial charge in [-0.2, -0.15) is 0 Å². The molecule has 0 spiro atoms. The maximum absolute atomic E-state index is 12.5. The molecule has 0 aromatic heterocycles. The van der Waals surface area contributed by atoms with Crippen LogP contribution >= 0.6 is 11.6 Å². The zero-order chi connectivity index (χ0) is 21.7. The van der Waals surface area contributed by atoms with Crippen LogP contribution in [0.3, 0.4) is 0 Å². The Hall–Kier alpha value is -3.03. The van der Waals surface area contributed by atoms with E-state index >= 15 is 0 Å². The minimum atomic E-state index is -3.72. The number of rotatable bonds is 7. The number of nitrogens with one attached hydrogen (secondary N) is 2. The van der Waals surface area contributed by atoms with Crippen LogP contribution in [0.15, 0.2) is 71.6 Å². The summed E-state index contributed by atoms with van der Waals surface area (Å²) in [5.74, 6) is 0.0281. The molecule has 0 bridgehead atoms. The maximum Gasteiger partial charge on any atom is 0.262 e. The summed E-state index contributed by atoms with van der Waals surface area (Å²) in [6, 6.07) is 18.1. The summed E-state index contributed by atoms with van der Waals surface area (Å²) < 4.78 is 33.0. The highest BCUT2D eigenvalue weighted by Gasteiger charge is 2.14. The molecule has 0 aliphatic carbocycles. The van der Waals surface area contributed by atoms with Crippen LogP contribution in [0.1, 0.15) is 11.1 Å². The van der Waals surface area contributed by atoms with E-state index in [0.717, 1.165) is 11.1 Å². The third-order valence-corrected chi connectivity index (χ3v) is 5.91. The van der Waals surface area contributed by atoms with Crippen LogP contribution in [0.2, 0.25) is 5.02 Å². The van der Waals surface area contributed by atoms with Crippen LogP contribution < -0.4 is 14.8 Å². The summed E-state index contributed by atoms with van der Waals surface area (Å²) in [7, 11) is -3.72. The standard InChI is InChI=1S/C22H21ClN2O4S/c1-15-3-7-18(8-4-15)25-30(27,28)20-11-9-19(10-12-20)29-14-22(26)24-21-13-17(23)6-5-16(21)2/h3-13,25H,14H2,1-2H3,(H,24,26). The Bertz CT molecular complexity index is 1140. The van der Waals surface area contributed by atoms with E-state index in [4.69, 9.17) is 16.3 Å². The fourth-order valence-corrected chi connectivity index (χ4v) is 3.85. The van der Waals surface area contributed by atoms with E-state index < -0.39 is 10.0 Å². The highest BCUT2D eigenvalue weighted by atomic mass is 35.5. The molecule has 0 saturated heterocycles. The summed E-state index contributed by atoms with van der Waals surface area (Å²) in [6.07, 6.45) is 0. The highest BCUT2D eigenvalue weighted by Crippen LogP contribution is 2.21. The molecule has 0 heterocycles. The average Bonchev–Trinajstić information content (AvgIpc) is 2.71. The molecule has 0 saturated carbocycles. The van der Waals surface area contributed by atoms with Gasteiger partial charge in [0.1, 0.15) is 5.75 Å². The van der Waals surface area contributed by atoms with E-state index in [1.54, 1.807) is 24.3 Å². The summed E-state index contributed by atoms with van der Waals surface area (Å²) in [6.45, 7) is 3.56. The molecule has 3 rings (SSSR count). The Kier molecular flexibility index (Phi) is 6.64. The number of amides is 1. The molecule has 2 N–H and O–H groups in total. The van der Waals surface area contributed by atoms with E-state index in [-0.39, 0.29) is 17.4 Å². The van der Waals surface area contributed by atoms with Crippen molar-refractivity contribution in [3.8, 4) is 5.75 Å². The summed E-state index contributed by atoms with van der Waals surface area (Å²) in [5.41, 5.74) is 3.01. The number of benzene rings is 3. The van der Waals surface area contributed by atoms with Gasteiger partial charge in [-0.15, -0.1) is 0 Å². The molecule has 3 aromatic rings. The van der Waals surface area contributed by atoms with E-state index in [9.17, 15) is 13.2 Å². The maximum atomic E-state index is 12.5. The monoisotopic (exact) mass is 444 g/mol. The highest BCUT2D eigenvalue weighted by molar-refractivity contribution is 7.92. The average molecular weight is 445 g/mol. The van der Waals surface area contributed by atoms with Crippen molar-refractivity contribution < 1.29 is 17.9 Å². The molecular weight excluding hydrogens is 424 g/mol. The summed E-state index contributed by atoms with van der Waals surface area (Å²) in [5, 5.41) is 3.26. The van der Waals surface area contributed by atoms with Crippen LogP contribution in [0.5, 0.6) is 5.75 Å². The topological polar surface area (TPSA) is 84.5 Å². The second-order valence-electron chi connectivity index (χ2n) is 6.74. The minimum Gasteiger partial charge on any atom is -0.484 e. The lowest BCUT2D eigenvalue weighted by Crippen LogP contribution is -2.20. The number of hydrogen-bond donors (Lipinski definition) is 2. The zero-order valence-corrected chi connectivity index (χ0v) is 18.0. The van der Waals surface area contributed by atoms with Gasteiger partial charge in [-0.25, -0.2) is 8.42 Å². The second kappa shape index (κ2) is 9.19. The summed E-state index contributed by atoms with van der Waals surface area (Å²) >= 11 is 5.95. The molecule has 3 aromatic carbocycles. The van der Waals surface area contributed by atoms with E-state index in [2.05, 4.69) is 10.0 Å². The fraction of sp³-hybridized carbons (Fsp3) is 0.136. The number of ether oxygens (including phenoxy) is 1. The number of hydrogen-bond acceptors (Lipinski definition) is 4. The van der Waals surface area contributed by atoms with Gasteiger partial charge in [-0.05, 0) is 67.9 Å². The number of aryl methyl sites for hydroxylation is 2. The zero-order valence-electron chi connectivity index (χ0n) is 16.5. The van der Waals surface area contributed by atoms with Crippen molar-refractivity contribution in [2.24, 2.45) is 0 Å². The van der Waals surface area contributed by atoms with E-state index in [1.807, 2.05) is 32.0 Å². The van der Waals surface area contributed by atoms with E-state index in [1.165, 1.54) is 24.3 Å². The smallest absolute Gasteiger partial charge is 0.262 e. The molecule has 6 nitrogen and oxygen atoms in total. The van der Waals surface area contributed by atoms with Crippen LogP contribution in [-0.4, -0.2) is 20.9 Å². The third kappa shape index (κ3) is 5.75. The Labute approximate surface area is 180 Å². The molecule has 156 valence electrons. The Morgan fingerprint density at radius 1 is 0.967 bits per heavy atom. The normalized spacial score (nSPS) is 11.0. The molecule has 0 unspecified atom stereocenters. The number of carbonyl (C=O) groups excluding carboxylic acids is 1. The SMILES string of the molecule is Cc1ccc(NS(=O)(=O)c2ccc(OCC(=O)Nc3cc(Cl)ccc3C)cc2)cc1. The first-order valence-electron chi connectivity index (χ1n) is 9.11.